The van der Waals surface area contributed by atoms with Crippen LogP contribution in [0.15, 0.2) is 47.5 Å². The quantitative estimate of drug-likeness (QED) is 0.754. The zero-order valence-electron chi connectivity index (χ0n) is 10.4. The molecular formula is C13H8Cl2N2O2S2. The number of fused-ring (bicyclic) bond motifs is 1. The summed E-state index contributed by atoms with van der Waals surface area (Å²) in [6, 6.07) is 10.2. The van der Waals surface area contributed by atoms with E-state index in [1.54, 1.807) is 24.4 Å². The van der Waals surface area contributed by atoms with Crippen molar-refractivity contribution in [3.8, 4) is 0 Å². The Hall–Kier alpha value is -1.34. The van der Waals surface area contributed by atoms with E-state index >= 15 is 0 Å². The summed E-state index contributed by atoms with van der Waals surface area (Å²) in [5.41, 5.74) is 0.965. The molecule has 0 spiro atoms. The van der Waals surface area contributed by atoms with Crippen LogP contribution in [0.3, 0.4) is 0 Å². The van der Waals surface area contributed by atoms with E-state index in [1.165, 1.54) is 6.07 Å². The first-order chi connectivity index (χ1) is 9.97. The van der Waals surface area contributed by atoms with Crippen LogP contribution >= 0.6 is 34.5 Å². The van der Waals surface area contributed by atoms with Gasteiger partial charge in [-0.05, 0) is 18.2 Å². The lowest BCUT2D eigenvalue weighted by Crippen LogP contribution is -2.13. The van der Waals surface area contributed by atoms with Crippen LogP contribution < -0.4 is 4.72 Å². The zero-order valence-corrected chi connectivity index (χ0v) is 13.5. The van der Waals surface area contributed by atoms with Crippen LogP contribution in [0.5, 0.6) is 0 Å². The number of halogens is 2. The van der Waals surface area contributed by atoms with Crippen LogP contribution in [0.4, 0.5) is 5.69 Å². The van der Waals surface area contributed by atoms with Gasteiger partial charge in [-0.2, -0.15) is 0 Å². The van der Waals surface area contributed by atoms with E-state index in [4.69, 9.17) is 23.2 Å². The predicted octanol–water partition coefficient (Wildman–Crippen LogP) is 4.40. The van der Waals surface area contributed by atoms with Crippen molar-refractivity contribution in [2.24, 2.45) is 0 Å². The first-order valence-electron chi connectivity index (χ1n) is 5.79. The number of para-hydroxylation sites is 1. The van der Waals surface area contributed by atoms with E-state index in [-0.39, 0.29) is 9.23 Å². The number of pyridine rings is 1. The molecule has 4 nitrogen and oxygen atoms in total. The van der Waals surface area contributed by atoms with Gasteiger partial charge in [-0.1, -0.05) is 41.4 Å². The van der Waals surface area contributed by atoms with Crippen molar-refractivity contribution < 1.29 is 8.42 Å². The fourth-order valence-electron chi connectivity index (χ4n) is 1.89. The Morgan fingerprint density at radius 2 is 1.90 bits per heavy atom. The summed E-state index contributed by atoms with van der Waals surface area (Å²) in [4.78, 5) is 4.17. The Kier molecular flexibility index (Phi) is 3.79. The van der Waals surface area contributed by atoms with Gasteiger partial charge in [-0.15, -0.1) is 11.3 Å². The van der Waals surface area contributed by atoms with Crippen molar-refractivity contribution in [2.75, 3.05) is 4.72 Å². The highest BCUT2D eigenvalue weighted by Crippen LogP contribution is 2.35. The molecule has 2 heterocycles. The lowest BCUT2D eigenvalue weighted by Gasteiger charge is -2.09. The lowest BCUT2D eigenvalue weighted by molar-refractivity contribution is 0.601. The second-order valence-electron chi connectivity index (χ2n) is 4.17. The molecule has 21 heavy (non-hydrogen) atoms. The fraction of sp³-hybridized carbons (Fsp3) is 0. The van der Waals surface area contributed by atoms with Crippen molar-refractivity contribution in [1.29, 1.82) is 0 Å². The van der Waals surface area contributed by atoms with Crippen LogP contribution in [-0.2, 0) is 10.0 Å². The SMILES string of the molecule is O=S(=O)(Nc1cccc2cccnc12)c1cc(Cl)sc1Cl. The Morgan fingerprint density at radius 3 is 2.62 bits per heavy atom. The van der Waals surface area contributed by atoms with E-state index in [2.05, 4.69) is 9.71 Å². The topological polar surface area (TPSA) is 59.1 Å². The molecule has 1 aromatic carbocycles. The van der Waals surface area contributed by atoms with Gasteiger partial charge in [0.15, 0.2) is 0 Å². The van der Waals surface area contributed by atoms with Gasteiger partial charge < -0.3 is 0 Å². The van der Waals surface area contributed by atoms with E-state index in [9.17, 15) is 8.42 Å². The maximum atomic E-state index is 12.4. The number of hydrogen-bond donors (Lipinski definition) is 1. The van der Waals surface area contributed by atoms with Gasteiger partial charge in [0.2, 0.25) is 0 Å². The summed E-state index contributed by atoms with van der Waals surface area (Å²) < 4.78 is 27.8. The maximum Gasteiger partial charge on any atom is 0.264 e. The van der Waals surface area contributed by atoms with Crippen LogP contribution in [0, 0.1) is 0 Å². The van der Waals surface area contributed by atoms with Crippen molar-refractivity contribution in [2.45, 2.75) is 4.90 Å². The molecule has 1 N–H and O–H groups in total. The second-order valence-corrected chi connectivity index (χ2v) is 8.11. The molecule has 0 unspecified atom stereocenters. The van der Waals surface area contributed by atoms with E-state index in [0.717, 1.165) is 16.7 Å². The van der Waals surface area contributed by atoms with Crippen molar-refractivity contribution in [3.05, 3.63) is 51.3 Å². The van der Waals surface area contributed by atoms with Gasteiger partial charge in [0.25, 0.3) is 10.0 Å². The third kappa shape index (κ3) is 2.85. The molecule has 0 aliphatic rings. The first-order valence-corrected chi connectivity index (χ1v) is 8.84. The molecule has 0 aliphatic carbocycles. The fourth-order valence-corrected chi connectivity index (χ4v) is 5.11. The number of hydrogen-bond acceptors (Lipinski definition) is 4. The summed E-state index contributed by atoms with van der Waals surface area (Å²) in [5, 5.41) is 0.840. The van der Waals surface area contributed by atoms with Gasteiger partial charge in [-0.25, -0.2) is 8.42 Å². The largest absolute Gasteiger partial charge is 0.277 e. The molecule has 0 aliphatic heterocycles. The summed E-state index contributed by atoms with van der Waals surface area (Å²) in [6.07, 6.45) is 1.61. The highest BCUT2D eigenvalue weighted by Gasteiger charge is 2.22. The lowest BCUT2D eigenvalue weighted by atomic mass is 10.2. The van der Waals surface area contributed by atoms with E-state index in [0.29, 0.717) is 15.5 Å². The second kappa shape index (κ2) is 5.46. The highest BCUT2D eigenvalue weighted by molar-refractivity contribution is 7.93. The van der Waals surface area contributed by atoms with Crippen LogP contribution in [0.2, 0.25) is 8.67 Å². The minimum atomic E-state index is -3.81. The number of nitrogens with zero attached hydrogens (tertiary/aromatic N) is 1. The molecule has 3 aromatic rings. The standard InChI is InChI=1S/C13H8Cl2N2O2S2/c14-11-7-10(13(15)20-11)21(18,19)17-9-5-1-3-8-4-2-6-16-12(8)9/h1-7,17H. The smallest absolute Gasteiger partial charge is 0.264 e. The molecule has 3 rings (SSSR count). The molecule has 108 valence electrons. The molecule has 0 bridgehead atoms. The normalized spacial score (nSPS) is 11.7. The Morgan fingerprint density at radius 1 is 1.14 bits per heavy atom. The van der Waals surface area contributed by atoms with Crippen molar-refractivity contribution in [1.82, 2.24) is 4.98 Å². The third-order valence-electron chi connectivity index (χ3n) is 2.79. The molecule has 0 atom stereocenters. The van der Waals surface area contributed by atoms with Gasteiger partial charge in [0.05, 0.1) is 15.5 Å². The maximum absolute atomic E-state index is 12.4. The molecule has 8 heteroatoms. The number of sulfonamides is 1. The summed E-state index contributed by atoms with van der Waals surface area (Å²) >= 11 is 12.7. The first kappa shape index (κ1) is 14.6. The Balaban J connectivity index is 2.08. The van der Waals surface area contributed by atoms with Crippen molar-refractivity contribution >= 4 is 61.2 Å². The monoisotopic (exact) mass is 358 g/mol. The Labute approximate surface area is 135 Å². The number of benzene rings is 1. The molecule has 0 saturated heterocycles. The third-order valence-corrected chi connectivity index (χ3v) is 5.91. The van der Waals surface area contributed by atoms with Gasteiger partial charge in [0.1, 0.15) is 9.23 Å². The van der Waals surface area contributed by atoms with Crippen LogP contribution in [-0.4, -0.2) is 13.4 Å². The average molecular weight is 359 g/mol. The van der Waals surface area contributed by atoms with E-state index in [1.807, 2.05) is 12.1 Å². The minimum Gasteiger partial charge on any atom is -0.277 e. The molecular weight excluding hydrogens is 351 g/mol. The van der Waals surface area contributed by atoms with E-state index < -0.39 is 10.0 Å². The van der Waals surface area contributed by atoms with Gasteiger partial charge in [0, 0.05) is 11.6 Å². The van der Waals surface area contributed by atoms with Crippen molar-refractivity contribution in [3.63, 3.8) is 0 Å². The number of rotatable bonds is 3. The minimum absolute atomic E-state index is 0.0351. The summed E-state index contributed by atoms with van der Waals surface area (Å²) in [5.74, 6) is 0. The van der Waals surface area contributed by atoms with Gasteiger partial charge in [-0.3, -0.25) is 9.71 Å². The zero-order chi connectivity index (χ0) is 15.0. The van der Waals surface area contributed by atoms with Crippen LogP contribution in [0.1, 0.15) is 0 Å². The summed E-state index contributed by atoms with van der Waals surface area (Å²) in [7, 11) is -3.81. The number of aromatic nitrogens is 1. The molecule has 0 fully saturated rings. The number of anilines is 1. The Bertz CT molecular complexity index is 918. The summed E-state index contributed by atoms with van der Waals surface area (Å²) in [6.45, 7) is 0. The molecule has 0 amide bonds. The van der Waals surface area contributed by atoms with Crippen LogP contribution in [0.25, 0.3) is 10.9 Å². The number of thiophene rings is 1. The van der Waals surface area contributed by atoms with Gasteiger partial charge >= 0.3 is 0 Å². The average Bonchev–Trinajstić information content (AvgIpc) is 2.79. The molecule has 0 radical (unpaired) electrons. The number of nitrogens with one attached hydrogen (secondary N) is 1. The molecule has 2 aromatic heterocycles. The predicted molar refractivity (Wildman–Crippen MR) is 86.9 cm³/mol. The molecule has 0 saturated carbocycles. The highest BCUT2D eigenvalue weighted by atomic mass is 35.5.